The molecular formula is C35H52N4O4. The quantitative estimate of drug-likeness (QED) is 0.144. The number of nitrogens with zero attached hydrogens (tertiary/aromatic N) is 2. The van der Waals surface area contributed by atoms with Gasteiger partial charge in [-0.3, -0.25) is 9.59 Å². The minimum atomic E-state index is -0.769. The van der Waals surface area contributed by atoms with Crippen LogP contribution in [-0.2, 0) is 37.4 Å². The summed E-state index contributed by atoms with van der Waals surface area (Å²) >= 11 is 0. The van der Waals surface area contributed by atoms with E-state index >= 15 is 0 Å². The third-order valence-corrected chi connectivity index (χ3v) is 8.06. The summed E-state index contributed by atoms with van der Waals surface area (Å²) in [6.45, 7) is 18.2. The van der Waals surface area contributed by atoms with Crippen molar-refractivity contribution in [3.63, 3.8) is 0 Å². The molecular weight excluding hydrogens is 540 g/mol. The number of nitrogens with one attached hydrogen (secondary N) is 2. The van der Waals surface area contributed by atoms with Gasteiger partial charge in [-0.2, -0.15) is 0 Å². The molecule has 0 saturated carbocycles. The van der Waals surface area contributed by atoms with Crippen LogP contribution in [0, 0.1) is 5.41 Å². The Hall–Kier alpha value is -3.23. The van der Waals surface area contributed by atoms with Crippen LogP contribution in [0.3, 0.4) is 0 Å². The molecule has 0 spiro atoms. The van der Waals surface area contributed by atoms with Crippen LogP contribution in [-0.4, -0.2) is 60.9 Å². The number of ether oxygens (including phenoxy) is 2. The summed E-state index contributed by atoms with van der Waals surface area (Å²) in [6, 6.07) is 16.6. The Labute approximate surface area is 257 Å². The average molecular weight is 593 g/mol. The van der Waals surface area contributed by atoms with Crippen molar-refractivity contribution in [1.82, 2.24) is 20.2 Å². The summed E-state index contributed by atoms with van der Waals surface area (Å²) in [5.41, 5.74) is 3.26. The van der Waals surface area contributed by atoms with Crippen LogP contribution in [0.5, 0.6) is 0 Å². The van der Waals surface area contributed by atoms with E-state index in [1.807, 2.05) is 52.8 Å². The molecule has 0 aliphatic rings. The molecule has 8 heteroatoms. The second kappa shape index (κ2) is 16.0. The predicted octanol–water partition coefficient (Wildman–Crippen LogP) is 5.77. The zero-order valence-electron chi connectivity index (χ0n) is 27.3. The highest BCUT2D eigenvalue weighted by molar-refractivity contribution is 5.82. The molecule has 236 valence electrons. The minimum absolute atomic E-state index is 0.0917. The van der Waals surface area contributed by atoms with Crippen LogP contribution in [0.2, 0.25) is 0 Å². The zero-order valence-corrected chi connectivity index (χ0v) is 27.3. The minimum Gasteiger partial charge on any atom is -0.464 e. The molecule has 1 heterocycles. The van der Waals surface area contributed by atoms with E-state index in [2.05, 4.69) is 52.5 Å². The first kappa shape index (κ1) is 34.3. The van der Waals surface area contributed by atoms with E-state index in [4.69, 9.17) is 14.5 Å². The molecule has 0 aliphatic heterocycles. The Balaban J connectivity index is 1.49. The van der Waals surface area contributed by atoms with Gasteiger partial charge in [0.05, 0.1) is 29.7 Å². The van der Waals surface area contributed by atoms with Crippen LogP contribution in [0.1, 0.15) is 84.2 Å². The standard InChI is InChI=1S/C35H52N4O4/c1-8-28(32-38-30-12-10-11-13-31(30)39(32)22-23-42-9-2)19-21-36-20-18-27-14-16-29(17-15-27)35(6,7)33(41)43-25-34(4,5)24-37-26(3)40/h10-17,28,36H,8-9,18-25H2,1-7H3,(H,37,40). The smallest absolute Gasteiger partial charge is 0.316 e. The number of carbonyl (C=O) groups is 2. The first-order chi connectivity index (χ1) is 20.5. The van der Waals surface area contributed by atoms with E-state index in [0.717, 1.165) is 62.4 Å². The Bertz CT molecular complexity index is 1310. The topological polar surface area (TPSA) is 94.5 Å². The Morgan fingerprint density at radius 2 is 1.72 bits per heavy atom. The van der Waals surface area contributed by atoms with Gasteiger partial charge in [0.1, 0.15) is 5.82 Å². The molecule has 2 aromatic carbocycles. The lowest BCUT2D eigenvalue weighted by Crippen LogP contribution is -2.39. The maximum Gasteiger partial charge on any atom is 0.316 e. The predicted molar refractivity (Wildman–Crippen MR) is 173 cm³/mol. The maximum absolute atomic E-state index is 13.0. The fraction of sp³-hybridized carbons (Fsp3) is 0.571. The van der Waals surface area contributed by atoms with Gasteiger partial charge in [0.2, 0.25) is 5.91 Å². The lowest BCUT2D eigenvalue weighted by atomic mass is 9.84. The van der Waals surface area contributed by atoms with Gasteiger partial charge >= 0.3 is 5.97 Å². The van der Waals surface area contributed by atoms with Crippen LogP contribution in [0.25, 0.3) is 11.0 Å². The van der Waals surface area contributed by atoms with Crippen molar-refractivity contribution >= 4 is 22.9 Å². The maximum atomic E-state index is 13.0. The summed E-state index contributed by atoms with van der Waals surface area (Å²) in [4.78, 5) is 29.2. The first-order valence-electron chi connectivity index (χ1n) is 15.7. The summed E-state index contributed by atoms with van der Waals surface area (Å²) in [5, 5.41) is 6.42. The number of esters is 1. The molecule has 0 radical (unpaired) electrons. The van der Waals surface area contributed by atoms with Gasteiger partial charge in [-0.15, -0.1) is 0 Å². The van der Waals surface area contributed by atoms with E-state index < -0.39 is 5.41 Å². The van der Waals surface area contributed by atoms with E-state index in [9.17, 15) is 9.59 Å². The molecule has 1 unspecified atom stereocenters. The van der Waals surface area contributed by atoms with Crippen molar-refractivity contribution in [2.24, 2.45) is 5.41 Å². The molecule has 3 aromatic rings. The number of para-hydroxylation sites is 2. The number of hydrogen-bond donors (Lipinski definition) is 2. The largest absolute Gasteiger partial charge is 0.464 e. The molecule has 1 amide bonds. The summed E-state index contributed by atoms with van der Waals surface area (Å²) < 4.78 is 13.7. The number of amides is 1. The number of benzene rings is 2. The molecule has 3 rings (SSSR count). The Kier molecular flexibility index (Phi) is 12.8. The summed E-state index contributed by atoms with van der Waals surface area (Å²) in [5.74, 6) is 1.16. The third-order valence-electron chi connectivity index (χ3n) is 8.06. The first-order valence-corrected chi connectivity index (χ1v) is 15.7. The number of aromatic nitrogens is 2. The SMILES string of the molecule is CCOCCn1c(C(CC)CCNCCc2ccc(C(C)(C)C(=O)OCC(C)(C)CNC(C)=O)cc2)nc2ccccc21. The number of fused-ring (bicyclic) bond motifs is 1. The molecule has 0 bridgehead atoms. The highest BCUT2D eigenvalue weighted by atomic mass is 16.5. The van der Waals surface area contributed by atoms with Crippen molar-refractivity contribution in [2.45, 2.75) is 85.6 Å². The van der Waals surface area contributed by atoms with Gasteiger partial charge < -0.3 is 24.7 Å². The molecule has 1 aromatic heterocycles. The van der Waals surface area contributed by atoms with Crippen molar-refractivity contribution in [2.75, 3.05) is 39.5 Å². The number of hydrogen-bond acceptors (Lipinski definition) is 6. The monoisotopic (exact) mass is 592 g/mol. The van der Waals surface area contributed by atoms with Gasteiger partial charge in [0.25, 0.3) is 0 Å². The second-order valence-corrected chi connectivity index (χ2v) is 12.7. The molecule has 2 N–H and O–H groups in total. The number of rotatable bonds is 18. The van der Waals surface area contributed by atoms with E-state index in [-0.39, 0.29) is 23.9 Å². The van der Waals surface area contributed by atoms with Gasteiger partial charge in [0, 0.05) is 38.0 Å². The molecule has 8 nitrogen and oxygen atoms in total. The highest BCUT2D eigenvalue weighted by Gasteiger charge is 2.33. The van der Waals surface area contributed by atoms with Crippen molar-refractivity contribution in [1.29, 1.82) is 0 Å². The fourth-order valence-corrected chi connectivity index (χ4v) is 5.15. The number of carbonyl (C=O) groups excluding carboxylic acids is 2. The average Bonchev–Trinajstić information content (AvgIpc) is 3.35. The van der Waals surface area contributed by atoms with Gasteiger partial charge in [0.15, 0.2) is 0 Å². The molecule has 0 aliphatic carbocycles. The van der Waals surface area contributed by atoms with E-state index in [1.54, 1.807) is 0 Å². The number of imidazole rings is 1. The third kappa shape index (κ3) is 9.90. The van der Waals surface area contributed by atoms with Crippen molar-refractivity contribution in [3.05, 3.63) is 65.5 Å². The normalized spacial score (nSPS) is 12.8. The van der Waals surface area contributed by atoms with Crippen LogP contribution in [0.15, 0.2) is 48.5 Å². The van der Waals surface area contributed by atoms with Crippen molar-refractivity contribution < 1.29 is 19.1 Å². The second-order valence-electron chi connectivity index (χ2n) is 12.7. The highest BCUT2D eigenvalue weighted by Crippen LogP contribution is 2.28. The Morgan fingerprint density at radius 3 is 2.40 bits per heavy atom. The van der Waals surface area contributed by atoms with Gasteiger partial charge in [-0.05, 0) is 76.4 Å². The molecule has 1 atom stereocenters. The van der Waals surface area contributed by atoms with Gasteiger partial charge in [-0.25, -0.2) is 4.98 Å². The lowest BCUT2D eigenvalue weighted by molar-refractivity contribution is -0.152. The molecule has 43 heavy (non-hydrogen) atoms. The Morgan fingerprint density at radius 1 is 1.00 bits per heavy atom. The molecule has 0 saturated heterocycles. The van der Waals surface area contributed by atoms with Crippen LogP contribution < -0.4 is 10.6 Å². The fourth-order valence-electron chi connectivity index (χ4n) is 5.15. The van der Waals surface area contributed by atoms with Crippen LogP contribution in [0.4, 0.5) is 0 Å². The summed E-state index contributed by atoms with van der Waals surface area (Å²) in [6.07, 6.45) is 2.96. The van der Waals surface area contributed by atoms with Gasteiger partial charge in [-0.1, -0.05) is 57.2 Å². The summed E-state index contributed by atoms with van der Waals surface area (Å²) in [7, 11) is 0. The van der Waals surface area contributed by atoms with E-state index in [0.29, 0.717) is 19.1 Å². The van der Waals surface area contributed by atoms with E-state index in [1.165, 1.54) is 18.0 Å². The zero-order chi connectivity index (χ0) is 31.5. The molecule has 0 fully saturated rings. The lowest BCUT2D eigenvalue weighted by Gasteiger charge is -2.28. The van der Waals surface area contributed by atoms with Crippen molar-refractivity contribution in [3.8, 4) is 0 Å². The van der Waals surface area contributed by atoms with Crippen LogP contribution >= 0.6 is 0 Å².